The molecule has 0 aromatic carbocycles. The molecule has 0 unspecified atom stereocenters. The van der Waals surface area contributed by atoms with Gasteiger partial charge in [0.1, 0.15) is 0 Å². The van der Waals surface area contributed by atoms with Gasteiger partial charge in [-0.3, -0.25) is 4.57 Å². The number of H-pyrrole nitrogens is 1. The zero-order valence-corrected chi connectivity index (χ0v) is 11.8. The lowest BCUT2D eigenvalue weighted by molar-refractivity contribution is 0.519. The van der Waals surface area contributed by atoms with Crippen molar-refractivity contribution in [3.05, 3.63) is 4.77 Å². The minimum atomic E-state index is 0.640. The van der Waals surface area contributed by atoms with Crippen LogP contribution in [-0.4, -0.2) is 27.4 Å². The van der Waals surface area contributed by atoms with E-state index in [1.807, 2.05) is 11.6 Å². The summed E-state index contributed by atoms with van der Waals surface area (Å²) >= 11 is 5.20. The van der Waals surface area contributed by atoms with Crippen molar-refractivity contribution in [1.29, 1.82) is 0 Å². The fourth-order valence-electron chi connectivity index (χ4n) is 2.60. The van der Waals surface area contributed by atoms with E-state index in [1.165, 1.54) is 25.7 Å². The summed E-state index contributed by atoms with van der Waals surface area (Å²) in [5.41, 5.74) is 0. The number of hydrogen-bond donors (Lipinski definition) is 1. The molecule has 1 heterocycles. The Balaban J connectivity index is 2.25. The maximum Gasteiger partial charge on any atom is 0.225 e. The summed E-state index contributed by atoms with van der Waals surface area (Å²) in [4.78, 5) is 2.43. The number of anilines is 1. The standard InChI is InChI=1S/C12H22N4S/c1-9(2)8-16(10-6-4-5-7-10)11-13-14-12(17)15(11)3/h9-10H,4-8H2,1-3H3,(H,14,17). The molecule has 1 aliphatic rings. The lowest BCUT2D eigenvalue weighted by Crippen LogP contribution is -2.38. The summed E-state index contributed by atoms with van der Waals surface area (Å²) in [6.45, 7) is 5.56. The van der Waals surface area contributed by atoms with Crippen molar-refractivity contribution < 1.29 is 0 Å². The highest BCUT2D eigenvalue weighted by Crippen LogP contribution is 2.27. The number of aromatic nitrogens is 3. The highest BCUT2D eigenvalue weighted by atomic mass is 32.1. The van der Waals surface area contributed by atoms with E-state index in [4.69, 9.17) is 12.2 Å². The van der Waals surface area contributed by atoms with E-state index in [9.17, 15) is 0 Å². The van der Waals surface area contributed by atoms with Crippen LogP contribution in [0.25, 0.3) is 0 Å². The molecule has 0 saturated heterocycles. The summed E-state index contributed by atoms with van der Waals surface area (Å²) in [5, 5.41) is 7.27. The normalized spacial score (nSPS) is 16.9. The average molecular weight is 254 g/mol. The Morgan fingerprint density at radius 1 is 1.47 bits per heavy atom. The zero-order valence-electron chi connectivity index (χ0n) is 10.9. The molecular formula is C12H22N4S. The van der Waals surface area contributed by atoms with Gasteiger partial charge in [0.25, 0.3) is 0 Å². The van der Waals surface area contributed by atoms with Crippen LogP contribution in [-0.2, 0) is 7.05 Å². The van der Waals surface area contributed by atoms with Crippen LogP contribution in [0.2, 0.25) is 0 Å². The highest BCUT2D eigenvalue weighted by Gasteiger charge is 2.26. The van der Waals surface area contributed by atoms with Crippen molar-refractivity contribution >= 4 is 18.2 Å². The number of nitrogens with zero attached hydrogens (tertiary/aromatic N) is 3. The van der Waals surface area contributed by atoms with Crippen LogP contribution >= 0.6 is 12.2 Å². The molecule has 1 aromatic rings. The molecule has 0 bridgehead atoms. The fourth-order valence-corrected chi connectivity index (χ4v) is 2.73. The van der Waals surface area contributed by atoms with E-state index >= 15 is 0 Å². The van der Waals surface area contributed by atoms with Crippen LogP contribution in [0.15, 0.2) is 0 Å². The molecule has 2 rings (SSSR count). The predicted octanol–water partition coefficient (Wildman–Crippen LogP) is 2.88. The van der Waals surface area contributed by atoms with Gasteiger partial charge in [0.15, 0.2) is 4.77 Å². The van der Waals surface area contributed by atoms with Crippen molar-refractivity contribution in [3.63, 3.8) is 0 Å². The van der Waals surface area contributed by atoms with Crippen LogP contribution in [0.1, 0.15) is 39.5 Å². The van der Waals surface area contributed by atoms with Crippen molar-refractivity contribution in [3.8, 4) is 0 Å². The second-order valence-corrected chi connectivity index (χ2v) is 5.76. The van der Waals surface area contributed by atoms with Gasteiger partial charge in [-0.05, 0) is 31.0 Å². The molecule has 1 aromatic heterocycles. The second-order valence-electron chi connectivity index (χ2n) is 5.37. The minimum absolute atomic E-state index is 0.640. The molecular weight excluding hydrogens is 232 g/mol. The molecule has 0 spiro atoms. The highest BCUT2D eigenvalue weighted by molar-refractivity contribution is 7.71. The van der Waals surface area contributed by atoms with Gasteiger partial charge < -0.3 is 4.90 Å². The zero-order chi connectivity index (χ0) is 12.4. The van der Waals surface area contributed by atoms with E-state index in [2.05, 4.69) is 28.9 Å². The van der Waals surface area contributed by atoms with E-state index < -0.39 is 0 Å². The number of hydrogen-bond acceptors (Lipinski definition) is 3. The number of aromatic amines is 1. The fraction of sp³-hybridized carbons (Fsp3) is 0.833. The van der Waals surface area contributed by atoms with Gasteiger partial charge in [-0.15, -0.1) is 5.10 Å². The molecule has 0 radical (unpaired) electrons. The third-order valence-corrected chi connectivity index (χ3v) is 3.81. The lowest BCUT2D eigenvalue weighted by Gasteiger charge is -2.30. The van der Waals surface area contributed by atoms with Crippen LogP contribution in [0, 0.1) is 10.7 Å². The summed E-state index contributed by atoms with van der Waals surface area (Å²) in [6, 6.07) is 0.640. The van der Waals surface area contributed by atoms with Gasteiger partial charge in [0.2, 0.25) is 5.95 Å². The number of rotatable bonds is 4. The molecule has 0 atom stereocenters. The van der Waals surface area contributed by atoms with Gasteiger partial charge in [-0.25, -0.2) is 5.10 Å². The molecule has 4 nitrogen and oxygen atoms in total. The first kappa shape index (κ1) is 12.6. The molecule has 1 fully saturated rings. The number of nitrogens with one attached hydrogen (secondary N) is 1. The lowest BCUT2D eigenvalue weighted by atomic mass is 10.1. The molecule has 0 amide bonds. The van der Waals surface area contributed by atoms with Crippen LogP contribution in [0.3, 0.4) is 0 Å². The Hall–Kier alpha value is -0.840. The van der Waals surface area contributed by atoms with E-state index in [-0.39, 0.29) is 0 Å². The van der Waals surface area contributed by atoms with Crippen molar-refractivity contribution in [2.45, 2.75) is 45.6 Å². The summed E-state index contributed by atoms with van der Waals surface area (Å²) in [5.74, 6) is 1.64. The van der Waals surface area contributed by atoms with E-state index in [0.29, 0.717) is 16.7 Å². The first-order valence-electron chi connectivity index (χ1n) is 6.47. The molecule has 1 N–H and O–H groups in total. The van der Waals surface area contributed by atoms with Crippen molar-refractivity contribution in [2.75, 3.05) is 11.4 Å². The second kappa shape index (κ2) is 5.21. The quantitative estimate of drug-likeness (QED) is 0.839. The van der Waals surface area contributed by atoms with Crippen LogP contribution in [0.4, 0.5) is 5.95 Å². The van der Waals surface area contributed by atoms with E-state index in [0.717, 1.165) is 12.5 Å². The Morgan fingerprint density at radius 2 is 2.12 bits per heavy atom. The molecule has 96 valence electrons. The largest absolute Gasteiger partial charge is 0.338 e. The van der Waals surface area contributed by atoms with Crippen molar-refractivity contribution in [1.82, 2.24) is 14.8 Å². The Bertz CT molecular complexity index is 414. The predicted molar refractivity (Wildman–Crippen MR) is 72.8 cm³/mol. The first-order chi connectivity index (χ1) is 8.09. The molecule has 17 heavy (non-hydrogen) atoms. The monoisotopic (exact) mass is 254 g/mol. The Kier molecular flexibility index (Phi) is 3.86. The maximum atomic E-state index is 5.20. The molecule has 1 aliphatic carbocycles. The summed E-state index contributed by atoms with van der Waals surface area (Å²) in [6.07, 6.45) is 5.25. The Labute approximate surface area is 108 Å². The molecule has 0 aliphatic heterocycles. The SMILES string of the molecule is CC(C)CN(c1n[nH]c(=S)n1C)C1CCCC1. The third kappa shape index (κ3) is 2.70. The third-order valence-electron chi connectivity index (χ3n) is 3.44. The molecule has 5 heteroatoms. The minimum Gasteiger partial charge on any atom is -0.338 e. The van der Waals surface area contributed by atoms with Crippen LogP contribution in [0.5, 0.6) is 0 Å². The maximum absolute atomic E-state index is 5.20. The first-order valence-corrected chi connectivity index (χ1v) is 6.88. The van der Waals surface area contributed by atoms with E-state index in [1.54, 1.807) is 0 Å². The van der Waals surface area contributed by atoms with Gasteiger partial charge in [0.05, 0.1) is 0 Å². The topological polar surface area (TPSA) is 36.9 Å². The Morgan fingerprint density at radius 3 is 2.59 bits per heavy atom. The van der Waals surface area contributed by atoms with Gasteiger partial charge in [-0.1, -0.05) is 26.7 Å². The smallest absolute Gasteiger partial charge is 0.225 e. The summed E-state index contributed by atoms with van der Waals surface area (Å²) < 4.78 is 2.68. The van der Waals surface area contributed by atoms with Gasteiger partial charge in [-0.2, -0.15) is 0 Å². The summed E-state index contributed by atoms with van der Waals surface area (Å²) in [7, 11) is 1.99. The van der Waals surface area contributed by atoms with Gasteiger partial charge >= 0.3 is 0 Å². The van der Waals surface area contributed by atoms with Gasteiger partial charge in [0, 0.05) is 19.6 Å². The van der Waals surface area contributed by atoms with Crippen molar-refractivity contribution in [2.24, 2.45) is 13.0 Å². The average Bonchev–Trinajstić information content (AvgIpc) is 2.88. The molecule has 1 saturated carbocycles. The van der Waals surface area contributed by atoms with Crippen LogP contribution < -0.4 is 4.90 Å².